The number of methoxy groups -OCH3 is 1. The van der Waals surface area contributed by atoms with Gasteiger partial charge in [-0.25, -0.2) is 14.8 Å². The Morgan fingerprint density at radius 3 is 2.74 bits per heavy atom. The third-order valence-electron chi connectivity index (χ3n) is 2.43. The lowest BCUT2D eigenvalue weighted by Crippen LogP contribution is -2.06. The van der Waals surface area contributed by atoms with Crippen molar-refractivity contribution in [3.05, 3.63) is 41.9 Å². The molecule has 0 spiro atoms. The normalized spacial score (nSPS) is 10.0. The Hall–Kier alpha value is -2.63. The average molecular weight is 259 g/mol. The molecule has 0 aliphatic rings. The summed E-state index contributed by atoms with van der Waals surface area (Å²) in [4.78, 5) is 18.9. The monoisotopic (exact) mass is 259 g/mol. The second-order valence-corrected chi connectivity index (χ2v) is 3.82. The van der Waals surface area contributed by atoms with Crippen LogP contribution in [0.25, 0.3) is 0 Å². The van der Waals surface area contributed by atoms with E-state index < -0.39 is 5.97 Å². The molecule has 1 aromatic heterocycles. The minimum atomic E-state index is -1.09. The number of ether oxygens (including phenoxy) is 1. The molecule has 0 saturated carbocycles. The fraction of sp³-hybridized carbons (Fsp3) is 0.154. The van der Waals surface area contributed by atoms with Crippen LogP contribution in [0, 0.1) is 6.92 Å². The van der Waals surface area contributed by atoms with E-state index in [0.717, 1.165) is 0 Å². The molecule has 2 N–H and O–H groups in total. The van der Waals surface area contributed by atoms with Crippen LogP contribution in [-0.4, -0.2) is 28.2 Å². The Kier molecular flexibility index (Phi) is 3.61. The quantitative estimate of drug-likeness (QED) is 0.875. The number of nitrogens with one attached hydrogen (secondary N) is 1. The molecule has 0 aliphatic carbocycles. The fourth-order valence-corrected chi connectivity index (χ4v) is 1.63. The molecule has 2 aromatic rings. The summed E-state index contributed by atoms with van der Waals surface area (Å²) in [5, 5.41) is 12.0. The van der Waals surface area contributed by atoms with Crippen molar-refractivity contribution in [3.63, 3.8) is 0 Å². The van der Waals surface area contributed by atoms with Crippen LogP contribution in [-0.2, 0) is 0 Å². The summed E-state index contributed by atoms with van der Waals surface area (Å²) < 4.78 is 5.20. The molecule has 0 atom stereocenters. The third-order valence-corrected chi connectivity index (χ3v) is 2.43. The van der Waals surface area contributed by atoms with E-state index in [1.807, 2.05) is 18.2 Å². The first kappa shape index (κ1) is 12.8. The van der Waals surface area contributed by atoms with E-state index in [1.165, 1.54) is 6.07 Å². The molecular formula is C13H13N3O3. The van der Waals surface area contributed by atoms with Crippen LogP contribution in [0.5, 0.6) is 5.75 Å². The van der Waals surface area contributed by atoms with Gasteiger partial charge in [0.15, 0.2) is 5.69 Å². The number of aryl methyl sites for hydroxylation is 1. The Morgan fingerprint density at radius 1 is 1.32 bits per heavy atom. The molecule has 98 valence electrons. The molecule has 6 heteroatoms. The van der Waals surface area contributed by atoms with Crippen LogP contribution in [0.15, 0.2) is 30.3 Å². The summed E-state index contributed by atoms with van der Waals surface area (Å²) in [5.41, 5.74) is 0.657. The van der Waals surface area contributed by atoms with Crippen molar-refractivity contribution in [2.24, 2.45) is 0 Å². The van der Waals surface area contributed by atoms with Crippen molar-refractivity contribution < 1.29 is 14.6 Å². The van der Waals surface area contributed by atoms with Gasteiger partial charge in [0.2, 0.25) is 0 Å². The second kappa shape index (κ2) is 5.34. The van der Waals surface area contributed by atoms with E-state index >= 15 is 0 Å². The highest BCUT2D eigenvalue weighted by atomic mass is 16.5. The van der Waals surface area contributed by atoms with Crippen LogP contribution >= 0.6 is 0 Å². The number of hydrogen-bond donors (Lipinski definition) is 2. The number of aromatic carboxylic acids is 1. The van der Waals surface area contributed by atoms with Gasteiger partial charge in [-0.1, -0.05) is 12.1 Å². The number of nitrogens with zero attached hydrogens (tertiary/aromatic N) is 2. The molecule has 0 fully saturated rings. The van der Waals surface area contributed by atoms with Crippen molar-refractivity contribution in [1.82, 2.24) is 9.97 Å². The van der Waals surface area contributed by atoms with Gasteiger partial charge >= 0.3 is 5.97 Å². The standard InChI is InChI=1S/C13H13N3O3/c1-8-14-10(13(17)18)7-12(15-8)16-9-5-3-4-6-11(9)19-2/h3-7H,1-2H3,(H,17,18)(H,14,15,16). The Labute approximate surface area is 110 Å². The zero-order valence-corrected chi connectivity index (χ0v) is 10.5. The highest BCUT2D eigenvalue weighted by Gasteiger charge is 2.10. The van der Waals surface area contributed by atoms with Crippen LogP contribution in [0.2, 0.25) is 0 Å². The van der Waals surface area contributed by atoms with Crippen molar-refractivity contribution in [1.29, 1.82) is 0 Å². The summed E-state index contributed by atoms with van der Waals surface area (Å²) in [6, 6.07) is 8.68. The van der Waals surface area contributed by atoms with Gasteiger partial charge in [-0.15, -0.1) is 0 Å². The molecule has 1 heterocycles. The molecule has 6 nitrogen and oxygen atoms in total. The summed E-state index contributed by atoms with van der Waals surface area (Å²) in [5.74, 6) is 0.357. The summed E-state index contributed by atoms with van der Waals surface area (Å²) in [6.07, 6.45) is 0. The van der Waals surface area contributed by atoms with Gasteiger partial charge in [-0.05, 0) is 19.1 Å². The minimum Gasteiger partial charge on any atom is -0.495 e. The van der Waals surface area contributed by atoms with Gasteiger partial charge in [0.1, 0.15) is 17.4 Å². The highest BCUT2D eigenvalue weighted by molar-refractivity contribution is 5.86. The van der Waals surface area contributed by atoms with Crippen LogP contribution in [0.4, 0.5) is 11.5 Å². The molecule has 2 rings (SSSR count). The van der Waals surface area contributed by atoms with E-state index in [-0.39, 0.29) is 5.69 Å². The lowest BCUT2D eigenvalue weighted by atomic mass is 10.3. The first-order valence-electron chi connectivity index (χ1n) is 5.59. The summed E-state index contributed by atoms with van der Waals surface area (Å²) in [6.45, 7) is 1.64. The molecule has 0 amide bonds. The minimum absolute atomic E-state index is 0.0510. The Balaban J connectivity index is 2.35. The number of carbonyl (C=O) groups is 1. The molecule has 19 heavy (non-hydrogen) atoms. The number of carboxylic acids is 1. The topological polar surface area (TPSA) is 84.3 Å². The van der Waals surface area contributed by atoms with E-state index in [2.05, 4.69) is 15.3 Å². The Morgan fingerprint density at radius 2 is 2.05 bits per heavy atom. The number of carboxylic acid groups (broad SMARTS) is 1. The van der Waals surface area contributed by atoms with E-state index in [0.29, 0.717) is 23.1 Å². The molecule has 0 aliphatic heterocycles. The van der Waals surface area contributed by atoms with Gasteiger partial charge in [0, 0.05) is 6.07 Å². The highest BCUT2D eigenvalue weighted by Crippen LogP contribution is 2.26. The maximum Gasteiger partial charge on any atom is 0.354 e. The number of hydrogen-bond acceptors (Lipinski definition) is 5. The molecule has 0 radical (unpaired) electrons. The number of benzene rings is 1. The van der Waals surface area contributed by atoms with Crippen molar-refractivity contribution in [2.45, 2.75) is 6.92 Å². The lowest BCUT2D eigenvalue weighted by molar-refractivity contribution is 0.0690. The van der Waals surface area contributed by atoms with Crippen LogP contribution < -0.4 is 10.1 Å². The fourth-order valence-electron chi connectivity index (χ4n) is 1.63. The number of rotatable bonds is 4. The summed E-state index contributed by atoms with van der Waals surface area (Å²) >= 11 is 0. The number of para-hydroxylation sites is 2. The van der Waals surface area contributed by atoms with Gasteiger partial charge in [0.25, 0.3) is 0 Å². The van der Waals surface area contributed by atoms with Gasteiger partial charge < -0.3 is 15.2 Å². The van der Waals surface area contributed by atoms with Gasteiger partial charge in [-0.3, -0.25) is 0 Å². The smallest absolute Gasteiger partial charge is 0.354 e. The van der Waals surface area contributed by atoms with Gasteiger partial charge in [-0.2, -0.15) is 0 Å². The summed E-state index contributed by atoms with van der Waals surface area (Å²) in [7, 11) is 1.56. The second-order valence-electron chi connectivity index (χ2n) is 3.82. The predicted octanol–water partition coefficient (Wildman–Crippen LogP) is 2.24. The van der Waals surface area contributed by atoms with E-state index in [9.17, 15) is 4.79 Å². The first-order chi connectivity index (χ1) is 9.10. The van der Waals surface area contributed by atoms with Crippen molar-refractivity contribution in [2.75, 3.05) is 12.4 Å². The van der Waals surface area contributed by atoms with E-state index in [1.54, 1.807) is 20.1 Å². The molecule has 0 bridgehead atoms. The molecule has 1 aromatic carbocycles. The maximum atomic E-state index is 10.9. The van der Waals surface area contributed by atoms with Crippen LogP contribution in [0.1, 0.15) is 16.3 Å². The lowest BCUT2D eigenvalue weighted by Gasteiger charge is -2.10. The molecule has 0 saturated heterocycles. The third kappa shape index (κ3) is 2.98. The van der Waals surface area contributed by atoms with Crippen molar-refractivity contribution >= 4 is 17.5 Å². The van der Waals surface area contributed by atoms with Gasteiger partial charge in [0.05, 0.1) is 12.8 Å². The zero-order valence-electron chi connectivity index (χ0n) is 10.5. The number of anilines is 2. The SMILES string of the molecule is COc1ccccc1Nc1cc(C(=O)O)nc(C)n1. The largest absolute Gasteiger partial charge is 0.495 e. The first-order valence-corrected chi connectivity index (χ1v) is 5.59. The van der Waals surface area contributed by atoms with Crippen LogP contribution in [0.3, 0.4) is 0 Å². The zero-order chi connectivity index (χ0) is 13.8. The van der Waals surface area contributed by atoms with Crippen molar-refractivity contribution in [3.8, 4) is 5.75 Å². The predicted molar refractivity (Wildman–Crippen MR) is 70.0 cm³/mol. The average Bonchev–Trinajstić information content (AvgIpc) is 2.38. The maximum absolute atomic E-state index is 10.9. The van der Waals surface area contributed by atoms with E-state index in [4.69, 9.17) is 9.84 Å². The Bertz CT molecular complexity index is 614. The molecular weight excluding hydrogens is 246 g/mol. The molecule has 0 unspecified atom stereocenters. The number of aromatic nitrogens is 2.